The molecule has 3 nitrogen and oxygen atoms in total. The minimum Gasteiger partial charge on any atom is -0.328 e. The highest BCUT2D eigenvalue weighted by atomic mass is 19.4. The van der Waals surface area contributed by atoms with Crippen LogP contribution in [-0.4, -0.2) is 28.8 Å². The van der Waals surface area contributed by atoms with Crippen molar-refractivity contribution in [2.75, 3.05) is 7.05 Å². The number of nitrogens with one attached hydrogen (secondary N) is 1. The van der Waals surface area contributed by atoms with E-state index in [9.17, 15) is 13.2 Å². The van der Waals surface area contributed by atoms with Crippen molar-refractivity contribution in [2.24, 2.45) is 0 Å². The molecule has 1 N–H and O–H groups in total. The zero-order valence-corrected chi connectivity index (χ0v) is 10.8. The first-order valence-corrected chi connectivity index (χ1v) is 6.15. The van der Waals surface area contributed by atoms with Crippen molar-refractivity contribution in [3.05, 3.63) is 30.1 Å². The summed E-state index contributed by atoms with van der Waals surface area (Å²) in [5, 5.41) is 2.31. The molecule has 0 aliphatic carbocycles. The number of aryl methyl sites for hydroxylation is 1. The van der Waals surface area contributed by atoms with E-state index in [4.69, 9.17) is 0 Å². The molecule has 2 aromatic rings. The highest BCUT2D eigenvalue weighted by Gasteiger charge is 2.39. The Morgan fingerprint density at radius 1 is 1.32 bits per heavy atom. The fourth-order valence-corrected chi connectivity index (χ4v) is 2.20. The predicted octanol–water partition coefficient (Wildman–Crippen LogP) is 2.75. The Morgan fingerprint density at radius 3 is 2.58 bits per heavy atom. The molecule has 1 heterocycles. The number of hydrogen-bond acceptors (Lipinski definition) is 2. The number of halogens is 3. The summed E-state index contributed by atoms with van der Waals surface area (Å²) in [5.41, 5.74) is 1.61. The highest BCUT2D eigenvalue weighted by molar-refractivity contribution is 5.75. The van der Waals surface area contributed by atoms with Crippen molar-refractivity contribution < 1.29 is 13.2 Å². The van der Waals surface area contributed by atoms with E-state index in [0.29, 0.717) is 12.4 Å². The van der Waals surface area contributed by atoms with Gasteiger partial charge in [-0.1, -0.05) is 12.1 Å². The standard InChI is InChI=1S/C13H16F3N3/c1-3-19-10-7-5-4-6-9(10)18-12(19)8-11(17-2)13(14,15)16/h4-7,11,17H,3,8H2,1-2H3. The number of hydrogen-bond donors (Lipinski definition) is 1. The van der Waals surface area contributed by atoms with Crippen LogP contribution < -0.4 is 5.32 Å². The zero-order valence-electron chi connectivity index (χ0n) is 10.8. The summed E-state index contributed by atoms with van der Waals surface area (Å²) in [6.45, 7) is 2.50. The molecule has 104 valence electrons. The number of alkyl halides is 3. The zero-order chi connectivity index (χ0) is 14.0. The Hall–Kier alpha value is -1.56. The molecule has 0 aliphatic rings. The van der Waals surface area contributed by atoms with Gasteiger partial charge in [0.25, 0.3) is 0 Å². The molecule has 0 saturated carbocycles. The Morgan fingerprint density at radius 2 is 2.00 bits per heavy atom. The van der Waals surface area contributed by atoms with Gasteiger partial charge in [-0.15, -0.1) is 0 Å². The molecule has 1 aromatic heterocycles. The lowest BCUT2D eigenvalue weighted by molar-refractivity contribution is -0.154. The quantitative estimate of drug-likeness (QED) is 0.926. The third-order valence-electron chi connectivity index (χ3n) is 3.18. The van der Waals surface area contributed by atoms with E-state index in [-0.39, 0.29) is 6.42 Å². The summed E-state index contributed by atoms with van der Waals surface area (Å²) >= 11 is 0. The van der Waals surface area contributed by atoms with Gasteiger partial charge in [-0.3, -0.25) is 0 Å². The Labute approximate surface area is 109 Å². The van der Waals surface area contributed by atoms with E-state index in [1.165, 1.54) is 7.05 Å². The molecule has 0 bridgehead atoms. The van der Waals surface area contributed by atoms with Crippen LogP contribution in [0.1, 0.15) is 12.7 Å². The maximum Gasteiger partial charge on any atom is 0.404 e. The Kier molecular flexibility index (Phi) is 3.80. The molecule has 6 heteroatoms. The largest absolute Gasteiger partial charge is 0.404 e. The number of imidazole rings is 1. The number of nitrogens with zero attached hydrogens (tertiary/aromatic N) is 2. The number of benzene rings is 1. The van der Waals surface area contributed by atoms with Crippen molar-refractivity contribution in [3.8, 4) is 0 Å². The molecule has 0 saturated heterocycles. The summed E-state index contributed by atoms with van der Waals surface area (Å²) < 4.78 is 40.2. The van der Waals surface area contributed by atoms with E-state index < -0.39 is 12.2 Å². The SMILES string of the molecule is CCn1c(CC(NC)C(F)(F)F)nc2ccccc21. The summed E-state index contributed by atoms with van der Waals surface area (Å²) in [6, 6.07) is 5.80. The lowest BCUT2D eigenvalue weighted by atomic mass is 10.2. The fourth-order valence-electron chi connectivity index (χ4n) is 2.20. The van der Waals surface area contributed by atoms with Crippen LogP contribution in [0.15, 0.2) is 24.3 Å². The topological polar surface area (TPSA) is 29.9 Å². The third kappa shape index (κ3) is 2.73. The second-order valence-corrected chi connectivity index (χ2v) is 4.35. The molecule has 0 radical (unpaired) electrons. The van der Waals surface area contributed by atoms with Gasteiger partial charge in [0.15, 0.2) is 0 Å². The molecular formula is C13H16F3N3. The maximum atomic E-state index is 12.8. The monoisotopic (exact) mass is 271 g/mol. The minimum absolute atomic E-state index is 0.164. The number of para-hydroxylation sites is 2. The van der Waals surface area contributed by atoms with E-state index >= 15 is 0 Å². The lowest BCUT2D eigenvalue weighted by Crippen LogP contribution is -2.42. The van der Waals surface area contributed by atoms with Gasteiger partial charge in [0.05, 0.1) is 11.0 Å². The number of rotatable bonds is 4. The molecule has 2 rings (SSSR count). The summed E-state index contributed by atoms with van der Waals surface area (Å²) in [6.07, 6.45) is -4.44. The Balaban J connectivity index is 2.39. The van der Waals surface area contributed by atoms with Crippen molar-refractivity contribution in [1.29, 1.82) is 0 Å². The summed E-state index contributed by atoms with van der Waals surface area (Å²) in [4.78, 5) is 4.31. The highest BCUT2D eigenvalue weighted by Crippen LogP contribution is 2.24. The van der Waals surface area contributed by atoms with Gasteiger partial charge in [0.2, 0.25) is 0 Å². The Bertz CT molecular complexity index is 560. The van der Waals surface area contributed by atoms with Crippen LogP contribution in [0.4, 0.5) is 13.2 Å². The first-order valence-electron chi connectivity index (χ1n) is 6.15. The van der Waals surface area contributed by atoms with Gasteiger partial charge in [-0.2, -0.15) is 13.2 Å². The van der Waals surface area contributed by atoms with E-state index in [0.717, 1.165) is 11.0 Å². The molecule has 0 fully saturated rings. The second-order valence-electron chi connectivity index (χ2n) is 4.35. The van der Waals surface area contributed by atoms with E-state index in [2.05, 4.69) is 10.3 Å². The van der Waals surface area contributed by atoms with Gasteiger partial charge in [0, 0.05) is 13.0 Å². The van der Waals surface area contributed by atoms with E-state index in [1.54, 1.807) is 0 Å². The van der Waals surface area contributed by atoms with Gasteiger partial charge < -0.3 is 9.88 Å². The first kappa shape index (κ1) is 13.9. The van der Waals surface area contributed by atoms with Crippen LogP contribution >= 0.6 is 0 Å². The van der Waals surface area contributed by atoms with Crippen LogP contribution in [0, 0.1) is 0 Å². The molecule has 0 aliphatic heterocycles. The second kappa shape index (κ2) is 5.21. The molecule has 19 heavy (non-hydrogen) atoms. The van der Waals surface area contributed by atoms with Gasteiger partial charge in [-0.25, -0.2) is 4.98 Å². The molecule has 0 amide bonds. The van der Waals surface area contributed by atoms with Crippen LogP contribution in [-0.2, 0) is 13.0 Å². The van der Waals surface area contributed by atoms with Crippen molar-refractivity contribution in [2.45, 2.75) is 32.1 Å². The molecule has 1 atom stereocenters. The normalized spacial score (nSPS) is 13.9. The molecular weight excluding hydrogens is 255 g/mol. The average Bonchev–Trinajstić information content (AvgIpc) is 2.71. The lowest BCUT2D eigenvalue weighted by Gasteiger charge is -2.19. The molecule has 1 aromatic carbocycles. The summed E-state index contributed by atoms with van der Waals surface area (Å²) in [5.74, 6) is 0.459. The van der Waals surface area contributed by atoms with E-state index in [1.807, 2.05) is 35.8 Å². The van der Waals surface area contributed by atoms with Crippen molar-refractivity contribution >= 4 is 11.0 Å². The summed E-state index contributed by atoms with van der Waals surface area (Å²) in [7, 11) is 1.32. The van der Waals surface area contributed by atoms with Crippen molar-refractivity contribution in [1.82, 2.24) is 14.9 Å². The van der Waals surface area contributed by atoms with Gasteiger partial charge in [0.1, 0.15) is 11.9 Å². The maximum absolute atomic E-state index is 12.8. The number of aromatic nitrogens is 2. The third-order valence-corrected chi connectivity index (χ3v) is 3.18. The van der Waals surface area contributed by atoms with Crippen LogP contribution in [0.2, 0.25) is 0 Å². The van der Waals surface area contributed by atoms with Gasteiger partial charge in [-0.05, 0) is 26.1 Å². The van der Waals surface area contributed by atoms with Crippen LogP contribution in [0.5, 0.6) is 0 Å². The number of fused-ring (bicyclic) bond motifs is 1. The average molecular weight is 271 g/mol. The van der Waals surface area contributed by atoms with Gasteiger partial charge >= 0.3 is 6.18 Å². The van der Waals surface area contributed by atoms with Crippen LogP contribution in [0.25, 0.3) is 11.0 Å². The number of likely N-dealkylation sites (N-methyl/N-ethyl adjacent to an activating group) is 1. The molecule has 0 spiro atoms. The predicted molar refractivity (Wildman–Crippen MR) is 68.0 cm³/mol. The van der Waals surface area contributed by atoms with Crippen molar-refractivity contribution in [3.63, 3.8) is 0 Å². The first-order chi connectivity index (χ1) is 8.97. The fraction of sp³-hybridized carbons (Fsp3) is 0.462. The minimum atomic E-state index is -4.27. The van der Waals surface area contributed by atoms with Crippen LogP contribution in [0.3, 0.4) is 0 Å². The molecule has 1 unspecified atom stereocenters. The smallest absolute Gasteiger partial charge is 0.328 e.